The van der Waals surface area contributed by atoms with Crippen molar-refractivity contribution in [1.82, 2.24) is 9.78 Å². The minimum atomic E-state index is -3.00. The summed E-state index contributed by atoms with van der Waals surface area (Å²) in [5.74, 6) is -0.421. The van der Waals surface area contributed by atoms with Crippen LogP contribution in [0.5, 0.6) is 11.5 Å². The lowest BCUT2D eigenvalue weighted by Crippen LogP contribution is -2.14. The number of hydrogen-bond donors (Lipinski definition) is 1. The van der Waals surface area contributed by atoms with Crippen LogP contribution in [0.4, 0.5) is 14.5 Å². The van der Waals surface area contributed by atoms with E-state index in [2.05, 4.69) is 15.2 Å². The molecule has 0 bridgehead atoms. The van der Waals surface area contributed by atoms with E-state index in [9.17, 15) is 13.6 Å². The second-order valence-corrected chi connectivity index (χ2v) is 6.76. The molecule has 2 aromatic carbocycles. The van der Waals surface area contributed by atoms with E-state index in [-0.39, 0.29) is 28.9 Å². The molecule has 0 atom stereocenters. The number of aromatic nitrogens is 2. The molecule has 1 heterocycles. The molecule has 0 spiro atoms. The number of benzene rings is 2. The van der Waals surface area contributed by atoms with Crippen molar-refractivity contribution in [3.8, 4) is 11.5 Å². The largest absolute Gasteiger partial charge is 0.468 e. The normalized spacial score (nSPS) is 10.8. The van der Waals surface area contributed by atoms with E-state index < -0.39 is 12.5 Å². The van der Waals surface area contributed by atoms with Crippen LogP contribution in [-0.4, -0.2) is 22.3 Å². The Bertz CT molecular complexity index is 1010. The highest BCUT2D eigenvalue weighted by molar-refractivity contribution is 6.37. The second kappa shape index (κ2) is 9.30. The fourth-order valence-electron chi connectivity index (χ4n) is 2.27. The van der Waals surface area contributed by atoms with Gasteiger partial charge < -0.3 is 14.8 Å². The standard InChI is InChI=1S/C18H12Cl3F2N3O3/c19-11-2-1-3-12(20)16(11)28-9-26-7-6-14(25-26)17(27)24-10-4-5-15(13(21)8-10)29-18(22)23/h1-8,18H,9H2,(H,24,27). The number of rotatable bonds is 7. The number of amides is 1. The molecule has 0 unspecified atom stereocenters. The number of hydrogen-bond acceptors (Lipinski definition) is 4. The first kappa shape index (κ1) is 21.2. The van der Waals surface area contributed by atoms with Crippen LogP contribution in [0.25, 0.3) is 0 Å². The first-order valence-corrected chi connectivity index (χ1v) is 9.13. The number of para-hydroxylation sites is 1. The molecular weight excluding hydrogens is 451 g/mol. The molecule has 0 aliphatic heterocycles. The number of alkyl halides is 2. The zero-order valence-electron chi connectivity index (χ0n) is 14.4. The van der Waals surface area contributed by atoms with Crippen molar-refractivity contribution in [3.05, 3.63) is 69.4 Å². The zero-order chi connectivity index (χ0) is 21.0. The Morgan fingerprint density at radius 2 is 1.83 bits per heavy atom. The van der Waals surface area contributed by atoms with Crippen LogP contribution in [0.1, 0.15) is 10.5 Å². The average Bonchev–Trinajstić information content (AvgIpc) is 3.12. The van der Waals surface area contributed by atoms with Gasteiger partial charge in [-0.1, -0.05) is 40.9 Å². The first-order chi connectivity index (χ1) is 13.8. The quantitative estimate of drug-likeness (QED) is 0.487. The van der Waals surface area contributed by atoms with Crippen LogP contribution < -0.4 is 14.8 Å². The third kappa shape index (κ3) is 5.50. The third-order valence-electron chi connectivity index (χ3n) is 3.54. The summed E-state index contributed by atoms with van der Waals surface area (Å²) in [6, 6.07) is 10.3. The van der Waals surface area contributed by atoms with Crippen LogP contribution in [-0.2, 0) is 6.73 Å². The molecule has 1 N–H and O–H groups in total. The molecule has 0 saturated heterocycles. The lowest BCUT2D eigenvalue weighted by molar-refractivity contribution is -0.0497. The van der Waals surface area contributed by atoms with Gasteiger partial charge in [-0.05, 0) is 36.4 Å². The van der Waals surface area contributed by atoms with E-state index >= 15 is 0 Å². The predicted molar refractivity (Wildman–Crippen MR) is 105 cm³/mol. The van der Waals surface area contributed by atoms with Crippen molar-refractivity contribution in [2.45, 2.75) is 13.3 Å². The maximum Gasteiger partial charge on any atom is 0.387 e. The molecule has 3 rings (SSSR count). The molecule has 152 valence electrons. The van der Waals surface area contributed by atoms with Crippen LogP contribution in [0.2, 0.25) is 15.1 Å². The van der Waals surface area contributed by atoms with Crippen LogP contribution >= 0.6 is 34.8 Å². The molecule has 6 nitrogen and oxygen atoms in total. The van der Waals surface area contributed by atoms with Gasteiger partial charge in [0.25, 0.3) is 5.91 Å². The van der Waals surface area contributed by atoms with Crippen molar-refractivity contribution in [2.24, 2.45) is 0 Å². The first-order valence-electron chi connectivity index (χ1n) is 7.99. The predicted octanol–water partition coefficient (Wildman–Crippen LogP) is 5.73. The fraction of sp³-hybridized carbons (Fsp3) is 0.111. The fourth-order valence-corrected chi connectivity index (χ4v) is 3.00. The number of carbonyl (C=O) groups is 1. The highest BCUT2D eigenvalue weighted by Crippen LogP contribution is 2.32. The van der Waals surface area contributed by atoms with Gasteiger partial charge in [-0.15, -0.1) is 0 Å². The van der Waals surface area contributed by atoms with Gasteiger partial charge in [0.1, 0.15) is 5.75 Å². The van der Waals surface area contributed by atoms with Gasteiger partial charge in [0.2, 0.25) is 0 Å². The van der Waals surface area contributed by atoms with E-state index in [1.807, 2.05) is 0 Å². The van der Waals surface area contributed by atoms with Crippen molar-refractivity contribution in [3.63, 3.8) is 0 Å². The summed E-state index contributed by atoms with van der Waals surface area (Å²) >= 11 is 17.9. The molecule has 3 aromatic rings. The Labute approximate surface area is 178 Å². The van der Waals surface area contributed by atoms with Gasteiger partial charge in [-0.25, -0.2) is 4.68 Å². The number of ether oxygens (including phenoxy) is 2. The number of carbonyl (C=O) groups excluding carboxylic acids is 1. The van der Waals surface area contributed by atoms with Gasteiger partial charge in [0, 0.05) is 11.9 Å². The molecule has 1 amide bonds. The lowest BCUT2D eigenvalue weighted by atomic mass is 10.3. The minimum absolute atomic E-state index is 0.0256. The number of nitrogens with zero attached hydrogens (tertiary/aromatic N) is 2. The smallest absolute Gasteiger partial charge is 0.387 e. The molecular formula is C18H12Cl3F2N3O3. The molecule has 0 fully saturated rings. The number of nitrogens with one attached hydrogen (secondary N) is 1. The Kier molecular flexibility index (Phi) is 6.79. The van der Waals surface area contributed by atoms with Gasteiger partial charge in [-0.2, -0.15) is 13.9 Å². The van der Waals surface area contributed by atoms with Gasteiger partial charge in [0.05, 0.1) is 15.1 Å². The summed E-state index contributed by atoms with van der Waals surface area (Å²) < 4.78 is 35.7. The molecule has 0 aliphatic carbocycles. The molecule has 29 heavy (non-hydrogen) atoms. The summed E-state index contributed by atoms with van der Waals surface area (Å²) in [4.78, 5) is 12.3. The van der Waals surface area contributed by atoms with Crippen LogP contribution in [0.3, 0.4) is 0 Å². The van der Waals surface area contributed by atoms with E-state index in [0.29, 0.717) is 15.8 Å². The van der Waals surface area contributed by atoms with E-state index in [1.54, 1.807) is 18.2 Å². The molecule has 0 saturated carbocycles. The second-order valence-electron chi connectivity index (χ2n) is 5.54. The summed E-state index contributed by atoms with van der Waals surface area (Å²) in [7, 11) is 0. The lowest BCUT2D eigenvalue weighted by Gasteiger charge is -2.10. The van der Waals surface area contributed by atoms with E-state index in [1.165, 1.54) is 35.1 Å². The van der Waals surface area contributed by atoms with E-state index in [4.69, 9.17) is 39.5 Å². The maximum absolute atomic E-state index is 12.3. The molecule has 1 aromatic heterocycles. The monoisotopic (exact) mass is 461 g/mol. The summed E-state index contributed by atoms with van der Waals surface area (Å²) in [5.41, 5.74) is 0.387. The molecule has 0 aliphatic rings. The highest BCUT2D eigenvalue weighted by atomic mass is 35.5. The van der Waals surface area contributed by atoms with Crippen LogP contribution in [0.15, 0.2) is 48.7 Å². The Morgan fingerprint density at radius 1 is 1.10 bits per heavy atom. The Hall–Kier alpha value is -2.55. The minimum Gasteiger partial charge on any atom is -0.468 e. The van der Waals surface area contributed by atoms with Crippen LogP contribution in [0, 0.1) is 0 Å². The summed E-state index contributed by atoms with van der Waals surface area (Å²) in [5, 5.41) is 7.28. The van der Waals surface area contributed by atoms with Crippen molar-refractivity contribution in [2.75, 3.05) is 5.32 Å². The number of anilines is 1. The average molecular weight is 463 g/mol. The highest BCUT2D eigenvalue weighted by Gasteiger charge is 2.14. The summed E-state index contributed by atoms with van der Waals surface area (Å²) in [6.45, 7) is -3.03. The SMILES string of the molecule is O=C(Nc1ccc(OC(F)F)c(Cl)c1)c1ccn(COc2c(Cl)cccc2Cl)n1. The van der Waals surface area contributed by atoms with Crippen molar-refractivity contribution in [1.29, 1.82) is 0 Å². The third-order valence-corrected chi connectivity index (χ3v) is 4.43. The number of halogens is 5. The maximum atomic E-state index is 12.3. The topological polar surface area (TPSA) is 65.4 Å². The summed E-state index contributed by atoms with van der Waals surface area (Å²) in [6.07, 6.45) is 1.53. The van der Waals surface area contributed by atoms with Gasteiger partial charge in [0.15, 0.2) is 18.2 Å². The van der Waals surface area contributed by atoms with Gasteiger partial charge in [-0.3, -0.25) is 4.79 Å². The zero-order valence-corrected chi connectivity index (χ0v) is 16.7. The van der Waals surface area contributed by atoms with Crippen molar-refractivity contribution >= 4 is 46.4 Å². The Balaban J connectivity index is 1.63. The van der Waals surface area contributed by atoms with Gasteiger partial charge >= 0.3 is 6.61 Å². The van der Waals surface area contributed by atoms with E-state index in [0.717, 1.165) is 0 Å². The molecule has 0 radical (unpaired) electrons. The Morgan fingerprint density at radius 3 is 2.48 bits per heavy atom. The van der Waals surface area contributed by atoms with Crippen molar-refractivity contribution < 1.29 is 23.0 Å². The molecule has 11 heteroatoms.